The molecule has 0 fully saturated rings. The van der Waals surface area contributed by atoms with Gasteiger partial charge in [0.25, 0.3) is 0 Å². The Labute approximate surface area is 318 Å². The van der Waals surface area contributed by atoms with E-state index in [-0.39, 0.29) is 5.91 Å². The van der Waals surface area contributed by atoms with Crippen molar-refractivity contribution in [3.63, 3.8) is 0 Å². The van der Waals surface area contributed by atoms with Crippen LogP contribution in [0, 0.1) is 11.8 Å². The fourth-order valence-electron chi connectivity index (χ4n) is 8.10. The van der Waals surface area contributed by atoms with Crippen LogP contribution >= 0.6 is 0 Å². The first-order valence-corrected chi connectivity index (χ1v) is 22.6. The largest absolute Gasteiger partial charge is 0.350 e. The summed E-state index contributed by atoms with van der Waals surface area (Å²) in [6.07, 6.45) is 37.4. The summed E-state index contributed by atoms with van der Waals surface area (Å²) in [5.41, 5.74) is 1.38. The second-order valence-corrected chi connectivity index (χ2v) is 17.2. The first-order valence-electron chi connectivity index (χ1n) is 22.6. The van der Waals surface area contributed by atoms with E-state index in [2.05, 4.69) is 63.3 Å². The maximum Gasteiger partial charge on any atom is 0.220 e. The van der Waals surface area contributed by atoms with Crippen molar-refractivity contribution >= 4 is 11.7 Å². The van der Waals surface area contributed by atoms with Crippen molar-refractivity contribution in [2.75, 3.05) is 26.2 Å². The molecule has 1 aliphatic rings. The summed E-state index contributed by atoms with van der Waals surface area (Å²) in [5, 5.41) is 3.30. The highest BCUT2D eigenvalue weighted by Gasteiger charge is 2.37. The average Bonchev–Trinajstić information content (AvgIpc) is 3.50. The van der Waals surface area contributed by atoms with Gasteiger partial charge >= 0.3 is 0 Å². The van der Waals surface area contributed by atoms with Crippen LogP contribution in [0.3, 0.4) is 0 Å². The zero-order chi connectivity index (χ0) is 36.7. The van der Waals surface area contributed by atoms with Gasteiger partial charge in [0.2, 0.25) is 5.91 Å². The van der Waals surface area contributed by atoms with E-state index in [9.17, 15) is 4.79 Å². The van der Waals surface area contributed by atoms with Crippen LogP contribution in [0.15, 0.2) is 35.3 Å². The molecule has 1 heterocycles. The molecule has 294 valence electrons. The van der Waals surface area contributed by atoms with Crippen molar-refractivity contribution in [3.05, 3.63) is 35.9 Å². The molecule has 1 atom stereocenters. The number of unbranched alkanes of at least 4 members (excludes halogenated alkanes) is 22. The summed E-state index contributed by atoms with van der Waals surface area (Å²) in [7, 11) is 0. The van der Waals surface area contributed by atoms with E-state index in [0.29, 0.717) is 6.42 Å². The molecular formula is C47H86N3O+. The Morgan fingerprint density at radius 3 is 1.51 bits per heavy atom. The molecule has 4 nitrogen and oxygen atoms in total. The lowest BCUT2D eigenvalue weighted by molar-refractivity contribution is -0.849. The molecule has 4 heteroatoms. The number of nitrogens with one attached hydrogen (secondary N) is 1. The lowest BCUT2D eigenvalue weighted by atomic mass is 10.0. The highest BCUT2D eigenvalue weighted by molar-refractivity contribution is 5.77. The number of quaternary nitrogens is 1. The van der Waals surface area contributed by atoms with Crippen LogP contribution in [0.25, 0.3) is 0 Å². The van der Waals surface area contributed by atoms with Gasteiger partial charge < -0.3 is 5.32 Å². The number of aliphatic imine (C=N–C) groups is 1. The van der Waals surface area contributed by atoms with Gasteiger partial charge in [-0.15, -0.1) is 0 Å². The Bertz CT molecular complexity index is 973. The van der Waals surface area contributed by atoms with Crippen LogP contribution < -0.4 is 5.32 Å². The predicted molar refractivity (Wildman–Crippen MR) is 224 cm³/mol. The predicted octanol–water partition coefficient (Wildman–Crippen LogP) is 13.8. The van der Waals surface area contributed by atoms with Crippen molar-refractivity contribution < 1.29 is 9.28 Å². The lowest BCUT2D eigenvalue weighted by Gasteiger charge is -2.35. The molecule has 2 rings (SSSR count). The standard InChI is InChI=1S/C47H85N3O/c1-43(2)32-26-21-17-13-9-5-7-11-15-19-23-30-36-46-48-38-40-50(46,42-45-34-28-25-29-35-45)41-39-49-47(51)37-31-24-20-16-12-8-6-10-14-18-22-27-33-44(3)4/h25,28-29,34-35,43-44H,5-24,26-27,30-33,36-42H2,1-4H3/p+1/t50-/m0/s1. The number of carbonyl (C=O) groups is 1. The molecule has 51 heavy (non-hydrogen) atoms. The monoisotopic (exact) mass is 709 g/mol. The first-order chi connectivity index (χ1) is 24.9. The number of rotatable bonds is 35. The molecule has 0 unspecified atom stereocenters. The second-order valence-electron chi connectivity index (χ2n) is 17.2. The minimum absolute atomic E-state index is 0.237. The van der Waals surface area contributed by atoms with E-state index in [1.165, 1.54) is 172 Å². The molecule has 0 bridgehead atoms. The topological polar surface area (TPSA) is 41.5 Å². The number of hydrogen-bond acceptors (Lipinski definition) is 2. The Balaban J connectivity index is 1.56. The van der Waals surface area contributed by atoms with Gasteiger partial charge in [-0.3, -0.25) is 9.28 Å². The van der Waals surface area contributed by atoms with Crippen molar-refractivity contribution in [1.29, 1.82) is 0 Å². The van der Waals surface area contributed by atoms with E-state index in [1.54, 1.807) is 0 Å². The zero-order valence-corrected chi connectivity index (χ0v) is 34.7. The van der Waals surface area contributed by atoms with Crippen LogP contribution in [0.1, 0.15) is 213 Å². The van der Waals surface area contributed by atoms with Crippen molar-refractivity contribution in [1.82, 2.24) is 5.32 Å². The summed E-state index contributed by atoms with van der Waals surface area (Å²) in [6.45, 7) is 14.0. The molecule has 0 spiro atoms. The molecule has 0 radical (unpaired) electrons. The average molecular weight is 709 g/mol. The highest BCUT2D eigenvalue weighted by atomic mass is 16.1. The number of nitrogens with zero attached hydrogens (tertiary/aromatic N) is 2. The first kappa shape index (κ1) is 45.5. The molecule has 0 saturated carbocycles. The number of carbonyl (C=O) groups excluding carboxylic acids is 1. The third kappa shape index (κ3) is 24.3. The smallest absolute Gasteiger partial charge is 0.220 e. The van der Waals surface area contributed by atoms with Gasteiger partial charge in [0.15, 0.2) is 5.84 Å². The Hall–Kier alpha value is -1.68. The maximum atomic E-state index is 12.8. The van der Waals surface area contributed by atoms with E-state index < -0.39 is 0 Å². The van der Waals surface area contributed by atoms with E-state index in [4.69, 9.17) is 4.99 Å². The van der Waals surface area contributed by atoms with Crippen LogP contribution in [0.5, 0.6) is 0 Å². The summed E-state index contributed by atoms with van der Waals surface area (Å²) in [6, 6.07) is 10.9. The molecule has 0 aromatic heterocycles. The summed E-state index contributed by atoms with van der Waals surface area (Å²) >= 11 is 0. The van der Waals surface area contributed by atoms with Gasteiger partial charge in [0, 0.05) is 18.4 Å². The minimum Gasteiger partial charge on any atom is -0.350 e. The highest BCUT2D eigenvalue weighted by Crippen LogP contribution is 2.24. The number of amidine groups is 1. The van der Waals surface area contributed by atoms with E-state index >= 15 is 0 Å². The molecule has 1 aromatic carbocycles. The van der Waals surface area contributed by atoms with Gasteiger partial charge in [-0.2, -0.15) is 0 Å². The molecule has 0 saturated heterocycles. The van der Waals surface area contributed by atoms with Crippen molar-refractivity contribution in [3.8, 4) is 0 Å². The van der Waals surface area contributed by atoms with Crippen molar-refractivity contribution in [2.24, 2.45) is 16.8 Å². The third-order valence-corrected chi connectivity index (χ3v) is 11.4. The van der Waals surface area contributed by atoms with E-state index in [0.717, 1.165) is 61.9 Å². The lowest BCUT2D eigenvalue weighted by Crippen LogP contribution is -2.53. The molecule has 0 aliphatic carbocycles. The van der Waals surface area contributed by atoms with Crippen molar-refractivity contribution in [2.45, 2.75) is 214 Å². The summed E-state index contributed by atoms with van der Waals surface area (Å²) < 4.78 is 0.930. The van der Waals surface area contributed by atoms with Crippen LogP contribution in [-0.2, 0) is 11.3 Å². The number of amides is 1. The molecule has 1 aromatic rings. The third-order valence-electron chi connectivity index (χ3n) is 11.4. The minimum atomic E-state index is 0.237. The van der Waals surface area contributed by atoms with Crippen LogP contribution in [0.4, 0.5) is 0 Å². The maximum absolute atomic E-state index is 12.8. The Morgan fingerprint density at radius 1 is 0.608 bits per heavy atom. The fraction of sp³-hybridized carbons (Fsp3) is 0.830. The van der Waals surface area contributed by atoms with Gasteiger partial charge in [-0.25, -0.2) is 4.99 Å². The second kappa shape index (κ2) is 30.7. The summed E-state index contributed by atoms with van der Waals surface area (Å²) in [4.78, 5) is 17.9. The van der Waals surface area contributed by atoms with Crippen LogP contribution in [0.2, 0.25) is 0 Å². The molecular weight excluding hydrogens is 623 g/mol. The SMILES string of the molecule is CC(C)CCCCCCCCCCCCCCC(=O)NCC[N@+]1(Cc2ccccc2)CCN=C1CCCCCCCCCCCCCCC(C)C. The molecule has 1 aliphatic heterocycles. The quantitative estimate of drug-likeness (QED) is 0.0553. The number of benzene rings is 1. The fourth-order valence-corrected chi connectivity index (χ4v) is 8.10. The Kier molecular flexibility index (Phi) is 27.4. The van der Waals surface area contributed by atoms with Gasteiger partial charge in [0.05, 0.1) is 13.1 Å². The normalized spacial score (nSPS) is 16.0. The van der Waals surface area contributed by atoms with Gasteiger partial charge in [-0.1, -0.05) is 212 Å². The van der Waals surface area contributed by atoms with Gasteiger partial charge in [0.1, 0.15) is 19.6 Å². The van der Waals surface area contributed by atoms with Gasteiger partial charge in [-0.05, 0) is 24.7 Å². The Morgan fingerprint density at radius 2 is 1.04 bits per heavy atom. The molecule has 1 N–H and O–H groups in total. The molecule has 1 amide bonds. The van der Waals surface area contributed by atoms with E-state index in [1.807, 2.05) is 0 Å². The number of hydrogen-bond donors (Lipinski definition) is 1. The van der Waals surface area contributed by atoms with Crippen LogP contribution in [-0.4, -0.2) is 42.4 Å². The summed E-state index contributed by atoms with van der Waals surface area (Å²) in [5.74, 6) is 3.34. The zero-order valence-electron chi connectivity index (χ0n) is 34.7.